The Bertz CT molecular complexity index is 470. The van der Waals surface area contributed by atoms with E-state index in [-0.39, 0.29) is 5.54 Å². The van der Waals surface area contributed by atoms with Crippen LogP contribution in [0.3, 0.4) is 0 Å². The average Bonchev–Trinajstić information content (AvgIpc) is 3.19. The number of hydrogen-bond donors (Lipinski definition) is 1. The molecule has 0 atom stereocenters. The molecule has 1 N–H and O–H groups in total. The molecule has 2 rings (SSSR count). The van der Waals surface area contributed by atoms with E-state index in [2.05, 4.69) is 64.0 Å². The first-order valence-electron chi connectivity index (χ1n) is 8.21. The Hall–Kier alpha value is -1.09. The number of aromatic nitrogens is 1. The molecule has 1 fully saturated rings. The minimum Gasteiger partial charge on any atom is -0.359 e. The van der Waals surface area contributed by atoms with Crippen LogP contribution in [0.1, 0.15) is 64.6 Å². The molecule has 21 heavy (non-hydrogen) atoms. The SMILES string of the molecule is CC(C)c1cc(CNC(C)(C)C)cc(N(C)CC2CC2)n1. The normalized spacial score (nSPS) is 15.6. The molecular weight excluding hydrogens is 258 g/mol. The van der Waals surface area contributed by atoms with Crippen molar-refractivity contribution in [3.63, 3.8) is 0 Å². The average molecular weight is 289 g/mol. The van der Waals surface area contributed by atoms with Gasteiger partial charge in [0.2, 0.25) is 0 Å². The quantitative estimate of drug-likeness (QED) is 0.860. The van der Waals surface area contributed by atoms with Gasteiger partial charge in [0.1, 0.15) is 5.82 Å². The summed E-state index contributed by atoms with van der Waals surface area (Å²) in [5.74, 6) is 2.47. The van der Waals surface area contributed by atoms with Gasteiger partial charge < -0.3 is 10.2 Å². The van der Waals surface area contributed by atoms with Gasteiger partial charge in [-0.2, -0.15) is 0 Å². The van der Waals surface area contributed by atoms with Crippen LogP contribution in [0.25, 0.3) is 0 Å². The minimum atomic E-state index is 0.140. The number of hydrogen-bond acceptors (Lipinski definition) is 3. The second kappa shape index (κ2) is 6.35. The monoisotopic (exact) mass is 289 g/mol. The number of nitrogens with one attached hydrogen (secondary N) is 1. The van der Waals surface area contributed by atoms with Crippen molar-refractivity contribution in [2.45, 2.75) is 65.5 Å². The summed E-state index contributed by atoms with van der Waals surface area (Å²) in [6.45, 7) is 13.1. The molecule has 1 aliphatic carbocycles. The van der Waals surface area contributed by atoms with E-state index in [0.717, 1.165) is 24.8 Å². The summed E-state index contributed by atoms with van der Waals surface area (Å²) >= 11 is 0. The molecule has 1 saturated carbocycles. The highest BCUT2D eigenvalue weighted by molar-refractivity contribution is 5.43. The lowest BCUT2D eigenvalue weighted by molar-refractivity contribution is 0.424. The number of anilines is 1. The first-order chi connectivity index (χ1) is 9.74. The molecule has 0 radical (unpaired) electrons. The third kappa shape index (κ3) is 5.31. The Morgan fingerprint density at radius 2 is 1.95 bits per heavy atom. The van der Waals surface area contributed by atoms with Crippen LogP contribution in [0.5, 0.6) is 0 Å². The summed E-state index contributed by atoms with van der Waals surface area (Å²) in [5, 5.41) is 3.58. The van der Waals surface area contributed by atoms with Gasteiger partial charge in [0.25, 0.3) is 0 Å². The van der Waals surface area contributed by atoms with Crippen molar-refractivity contribution in [3.05, 3.63) is 23.4 Å². The lowest BCUT2D eigenvalue weighted by atomic mass is 10.1. The minimum absolute atomic E-state index is 0.140. The Balaban J connectivity index is 2.16. The summed E-state index contributed by atoms with van der Waals surface area (Å²) < 4.78 is 0. The molecule has 0 spiro atoms. The molecule has 3 heteroatoms. The molecule has 0 aromatic carbocycles. The summed E-state index contributed by atoms with van der Waals surface area (Å²) in [7, 11) is 2.17. The third-order valence-electron chi connectivity index (χ3n) is 3.93. The van der Waals surface area contributed by atoms with Crippen LogP contribution in [-0.2, 0) is 6.54 Å². The fourth-order valence-electron chi connectivity index (χ4n) is 2.34. The van der Waals surface area contributed by atoms with Crippen molar-refractivity contribution in [2.75, 3.05) is 18.5 Å². The molecule has 0 unspecified atom stereocenters. The van der Waals surface area contributed by atoms with Crippen LogP contribution in [-0.4, -0.2) is 24.1 Å². The summed E-state index contributed by atoms with van der Waals surface area (Å²) in [5.41, 5.74) is 2.67. The van der Waals surface area contributed by atoms with E-state index < -0.39 is 0 Å². The van der Waals surface area contributed by atoms with E-state index in [1.165, 1.54) is 24.1 Å². The van der Waals surface area contributed by atoms with Crippen molar-refractivity contribution in [1.29, 1.82) is 0 Å². The van der Waals surface area contributed by atoms with Gasteiger partial charge in [-0.15, -0.1) is 0 Å². The van der Waals surface area contributed by atoms with Gasteiger partial charge in [0, 0.05) is 31.4 Å². The number of rotatable bonds is 6. The molecule has 1 aromatic heterocycles. The van der Waals surface area contributed by atoms with Crippen LogP contribution in [0.15, 0.2) is 12.1 Å². The molecule has 0 bridgehead atoms. The Labute approximate surface area is 130 Å². The fraction of sp³-hybridized carbons (Fsp3) is 0.722. The van der Waals surface area contributed by atoms with Crippen molar-refractivity contribution >= 4 is 5.82 Å². The highest BCUT2D eigenvalue weighted by Crippen LogP contribution is 2.31. The Morgan fingerprint density at radius 1 is 1.29 bits per heavy atom. The highest BCUT2D eigenvalue weighted by atomic mass is 15.2. The van der Waals surface area contributed by atoms with E-state index >= 15 is 0 Å². The molecule has 118 valence electrons. The molecule has 1 heterocycles. The number of nitrogens with zero attached hydrogens (tertiary/aromatic N) is 2. The zero-order chi connectivity index (χ0) is 15.6. The van der Waals surface area contributed by atoms with Crippen molar-refractivity contribution in [3.8, 4) is 0 Å². The first-order valence-corrected chi connectivity index (χ1v) is 8.21. The van der Waals surface area contributed by atoms with Crippen molar-refractivity contribution < 1.29 is 0 Å². The Morgan fingerprint density at radius 3 is 2.48 bits per heavy atom. The van der Waals surface area contributed by atoms with Gasteiger partial charge in [-0.1, -0.05) is 13.8 Å². The zero-order valence-corrected chi connectivity index (χ0v) is 14.5. The predicted molar refractivity (Wildman–Crippen MR) is 90.9 cm³/mol. The maximum atomic E-state index is 4.86. The van der Waals surface area contributed by atoms with Crippen molar-refractivity contribution in [1.82, 2.24) is 10.3 Å². The molecule has 0 aliphatic heterocycles. The lowest BCUT2D eigenvalue weighted by Gasteiger charge is -2.23. The van der Waals surface area contributed by atoms with Crippen LogP contribution in [0, 0.1) is 5.92 Å². The molecule has 0 amide bonds. The van der Waals surface area contributed by atoms with Gasteiger partial charge in [-0.05, 0) is 63.1 Å². The zero-order valence-electron chi connectivity index (χ0n) is 14.5. The Kier molecular flexibility index (Phi) is 4.92. The van der Waals surface area contributed by atoms with Crippen LogP contribution >= 0.6 is 0 Å². The standard InChI is InChI=1S/C18H31N3/c1-13(2)16-9-15(11-19-18(3,4)5)10-17(20-16)21(6)12-14-7-8-14/h9-10,13-14,19H,7-8,11-12H2,1-6H3. The molecule has 3 nitrogen and oxygen atoms in total. The van der Waals surface area contributed by atoms with E-state index in [0.29, 0.717) is 5.92 Å². The maximum Gasteiger partial charge on any atom is 0.128 e. The van der Waals surface area contributed by atoms with Crippen LogP contribution in [0.2, 0.25) is 0 Å². The summed E-state index contributed by atoms with van der Waals surface area (Å²) in [4.78, 5) is 7.18. The molecular formula is C18H31N3. The van der Waals surface area contributed by atoms with Gasteiger partial charge in [0.15, 0.2) is 0 Å². The van der Waals surface area contributed by atoms with E-state index in [9.17, 15) is 0 Å². The largest absolute Gasteiger partial charge is 0.359 e. The van der Waals surface area contributed by atoms with E-state index in [1.54, 1.807) is 0 Å². The molecule has 1 aromatic rings. The van der Waals surface area contributed by atoms with Crippen molar-refractivity contribution in [2.24, 2.45) is 5.92 Å². The predicted octanol–water partition coefficient (Wildman–Crippen LogP) is 3.94. The number of pyridine rings is 1. The summed E-state index contributed by atoms with van der Waals surface area (Å²) in [6, 6.07) is 4.49. The van der Waals surface area contributed by atoms with Gasteiger partial charge >= 0.3 is 0 Å². The maximum absolute atomic E-state index is 4.86. The first kappa shape index (κ1) is 16.3. The van der Waals surface area contributed by atoms with Gasteiger partial charge in [-0.3, -0.25) is 0 Å². The second-order valence-corrected chi connectivity index (χ2v) is 7.84. The third-order valence-corrected chi connectivity index (χ3v) is 3.93. The lowest BCUT2D eigenvalue weighted by Crippen LogP contribution is -2.35. The molecule has 0 saturated heterocycles. The van der Waals surface area contributed by atoms with Crippen LogP contribution < -0.4 is 10.2 Å². The second-order valence-electron chi connectivity index (χ2n) is 7.84. The van der Waals surface area contributed by atoms with Gasteiger partial charge in [0.05, 0.1) is 0 Å². The fourth-order valence-corrected chi connectivity index (χ4v) is 2.34. The van der Waals surface area contributed by atoms with Gasteiger partial charge in [-0.25, -0.2) is 4.98 Å². The molecule has 1 aliphatic rings. The summed E-state index contributed by atoms with van der Waals surface area (Å²) in [6.07, 6.45) is 2.76. The van der Waals surface area contributed by atoms with E-state index in [1.807, 2.05) is 0 Å². The van der Waals surface area contributed by atoms with E-state index in [4.69, 9.17) is 4.98 Å². The smallest absolute Gasteiger partial charge is 0.128 e. The topological polar surface area (TPSA) is 28.2 Å². The van der Waals surface area contributed by atoms with Crippen LogP contribution in [0.4, 0.5) is 5.82 Å². The highest BCUT2D eigenvalue weighted by Gasteiger charge is 2.23.